The van der Waals surface area contributed by atoms with Crippen molar-refractivity contribution in [1.82, 2.24) is 0 Å². The maximum atomic E-state index is 9.73. The fourth-order valence-electron chi connectivity index (χ4n) is 1.49. The molecule has 0 heterocycles. The average molecular weight is 206 g/mol. The number of aliphatic hydroxyl groups excluding tert-OH is 2. The monoisotopic (exact) mass is 206 g/mol. The van der Waals surface area contributed by atoms with Crippen LogP contribution in [0.1, 0.15) is 20.3 Å². The lowest BCUT2D eigenvalue weighted by molar-refractivity contribution is 0.148. The second kappa shape index (κ2) is 4.60. The molecule has 15 heavy (non-hydrogen) atoms. The SMILES string of the molecule is C=C1/C(=C/C=C(C)C)C[C@@H](O)C(=C)[C@@H]1O. The molecule has 0 saturated heterocycles. The van der Waals surface area contributed by atoms with E-state index in [1.165, 1.54) is 5.57 Å². The predicted molar refractivity (Wildman–Crippen MR) is 62.4 cm³/mol. The third kappa shape index (κ3) is 2.67. The van der Waals surface area contributed by atoms with Gasteiger partial charge in [0.15, 0.2) is 0 Å². The number of aliphatic hydroxyl groups is 2. The maximum absolute atomic E-state index is 9.73. The summed E-state index contributed by atoms with van der Waals surface area (Å²) >= 11 is 0. The zero-order valence-corrected chi connectivity index (χ0v) is 9.33. The highest BCUT2D eigenvalue weighted by Crippen LogP contribution is 2.31. The Bertz CT molecular complexity index is 344. The highest BCUT2D eigenvalue weighted by atomic mass is 16.3. The predicted octanol–water partition coefficient (Wildman–Crippen LogP) is 2.12. The summed E-state index contributed by atoms with van der Waals surface area (Å²) in [5.74, 6) is 0. The van der Waals surface area contributed by atoms with Gasteiger partial charge in [-0.2, -0.15) is 0 Å². The van der Waals surface area contributed by atoms with Crippen molar-refractivity contribution in [2.75, 3.05) is 0 Å². The molecule has 1 aliphatic carbocycles. The second-order valence-corrected chi connectivity index (χ2v) is 4.16. The van der Waals surface area contributed by atoms with E-state index in [0.29, 0.717) is 17.6 Å². The lowest BCUT2D eigenvalue weighted by Crippen LogP contribution is -2.29. The summed E-state index contributed by atoms with van der Waals surface area (Å²) in [5, 5.41) is 19.4. The van der Waals surface area contributed by atoms with Gasteiger partial charge in [0.1, 0.15) is 6.10 Å². The molecule has 82 valence electrons. The van der Waals surface area contributed by atoms with E-state index in [4.69, 9.17) is 0 Å². The molecule has 1 rings (SSSR count). The van der Waals surface area contributed by atoms with Crippen LogP contribution in [0.3, 0.4) is 0 Å². The third-order valence-corrected chi connectivity index (χ3v) is 2.55. The number of allylic oxidation sites excluding steroid dienone is 3. The van der Waals surface area contributed by atoms with Gasteiger partial charge in [0.05, 0.1) is 6.10 Å². The molecule has 0 bridgehead atoms. The van der Waals surface area contributed by atoms with E-state index >= 15 is 0 Å². The van der Waals surface area contributed by atoms with Crippen molar-refractivity contribution in [2.45, 2.75) is 32.5 Å². The molecule has 0 radical (unpaired) electrons. The highest BCUT2D eigenvalue weighted by molar-refractivity contribution is 5.44. The van der Waals surface area contributed by atoms with Gasteiger partial charge in [-0.1, -0.05) is 30.9 Å². The summed E-state index contributed by atoms with van der Waals surface area (Å²) in [6, 6.07) is 0. The first-order valence-corrected chi connectivity index (χ1v) is 5.01. The summed E-state index contributed by atoms with van der Waals surface area (Å²) in [4.78, 5) is 0. The second-order valence-electron chi connectivity index (χ2n) is 4.16. The molecule has 0 spiro atoms. The summed E-state index contributed by atoms with van der Waals surface area (Å²) in [6.45, 7) is 11.5. The first kappa shape index (κ1) is 12.0. The summed E-state index contributed by atoms with van der Waals surface area (Å²) in [5.41, 5.74) is 3.14. The molecule has 0 aliphatic heterocycles. The molecule has 0 unspecified atom stereocenters. The van der Waals surface area contributed by atoms with Crippen LogP contribution in [0, 0.1) is 0 Å². The van der Waals surface area contributed by atoms with E-state index in [0.717, 1.165) is 5.57 Å². The fourth-order valence-corrected chi connectivity index (χ4v) is 1.49. The van der Waals surface area contributed by atoms with E-state index in [-0.39, 0.29) is 0 Å². The number of hydrogen-bond acceptors (Lipinski definition) is 2. The van der Waals surface area contributed by atoms with Crippen LogP contribution in [-0.2, 0) is 0 Å². The van der Waals surface area contributed by atoms with Crippen LogP contribution < -0.4 is 0 Å². The van der Waals surface area contributed by atoms with Crippen molar-refractivity contribution in [1.29, 1.82) is 0 Å². The van der Waals surface area contributed by atoms with Crippen molar-refractivity contribution in [3.8, 4) is 0 Å². The molecular weight excluding hydrogens is 188 g/mol. The topological polar surface area (TPSA) is 40.5 Å². The lowest BCUT2D eigenvalue weighted by Gasteiger charge is -2.29. The van der Waals surface area contributed by atoms with Gasteiger partial charge < -0.3 is 10.2 Å². The Morgan fingerprint density at radius 1 is 1.33 bits per heavy atom. The number of hydrogen-bond donors (Lipinski definition) is 2. The minimum absolute atomic E-state index is 0.439. The molecule has 1 fully saturated rings. The van der Waals surface area contributed by atoms with Crippen molar-refractivity contribution in [3.05, 3.63) is 47.6 Å². The summed E-state index contributed by atoms with van der Waals surface area (Å²) < 4.78 is 0. The molecule has 1 saturated carbocycles. The van der Waals surface area contributed by atoms with Gasteiger partial charge >= 0.3 is 0 Å². The van der Waals surface area contributed by atoms with E-state index in [9.17, 15) is 10.2 Å². The molecule has 0 aromatic heterocycles. The molecule has 0 aromatic carbocycles. The molecule has 1 aliphatic rings. The quantitative estimate of drug-likeness (QED) is 0.645. The Morgan fingerprint density at radius 3 is 2.47 bits per heavy atom. The zero-order chi connectivity index (χ0) is 11.6. The minimum atomic E-state index is -0.814. The van der Waals surface area contributed by atoms with Gasteiger partial charge in [-0.05, 0) is 30.6 Å². The Morgan fingerprint density at radius 2 is 1.93 bits per heavy atom. The summed E-state index contributed by atoms with van der Waals surface area (Å²) in [7, 11) is 0. The molecule has 2 heteroatoms. The van der Waals surface area contributed by atoms with Crippen LogP contribution in [0.5, 0.6) is 0 Å². The van der Waals surface area contributed by atoms with E-state index in [1.54, 1.807) is 0 Å². The van der Waals surface area contributed by atoms with Crippen LogP contribution in [0.2, 0.25) is 0 Å². The lowest BCUT2D eigenvalue weighted by atomic mass is 9.83. The highest BCUT2D eigenvalue weighted by Gasteiger charge is 2.28. The Hall–Kier alpha value is -1.12. The Labute approximate surface area is 90.9 Å². The third-order valence-electron chi connectivity index (χ3n) is 2.55. The van der Waals surface area contributed by atoms with Gasteiger partial charge in [0.2, 0.25) is 0 Å². The standard InChI is InChI=1S/C13H18O2/c1-8(2)5-6-11-7-12(14)10(4)13(15)9(11)3/h5-6,12-15H,3-4,7H2,1-2H3/b11-6+/t12-,13-/m1/s1. The van der Waals surface area contributed by atoms with Gasteiger partial charge in [0.25, 0.3) is 0 Å². The molecule has 2 nitrogen and oxygen atoms in total. The van der Waals surface area contributed by atoms with Crippen molar-refractivity contribution >= 4 is 0 Å². The van der Waals surface area contributed by atoms with Crippen molar-refractivity contribution < 1.29 is 10.2 Å². The van der Waals surface area contributed by atoms with Crippen LogP contribution in [0.4, 0.5) is 0 Å². The van der Waals surface area contributed by atoms with Crippen LogP contribution in [0.25, 0.3) is 0 Å². The van der Waals surface area contributed by atoms with Gasteiger partial charge in [-0.25, -0.2) is 0 Å². The van der Waals surface area contributed by atoms with Crippen molar-refractivity contribution in [3.63, 3.8) is 0 Å². The largest absolute Gasteiger partial charge is 0.388 e. The molecular formula is C13H18O2. The normalized spacial score (nSPS) is 29.5. The van der Waals surface area contributed by atoms with Crippen LogP contribution in [0.15, 0.2) is 47.6 Å². The summed E-state index contributed by atoms with van der Waals surface area (Å²) in [6.07, 6.45) is 2.86. The molecule has 2 N–H and O–H groups in total. The molecule has 2 atom stereocenters. The van der Waals surface area contributed by atoms with Gasteiger partial charge in [0, 0.05) is 6.42 Å². The van der Waals surface area contributed by atoms with Crippen LogP contribution in [-0.4, -0.2) is 22.4 Å². The Kier molecular flexibility index (Phi) is 3.66. The van der Waals surface area contributed by atoms with E-state index < -0.39 is 12.2 Å². The Balaban J connectivity index is 2.93. The van der Waals surface area contributed by atoms with E-state index in [1.807, 2.05) is 26.0 Å². The van der Waals surface area contributed by atoms with E-state index in [2.05, 4.69) is 13.2 Å². The zero-order valence-electron chi connectivity index (χ0n) is 9.33. The van der Waals surface area contributed by atoms with Gasteiger partial charge in [-0.3, -0.25) is 0 Å². The van der Waals surface area contributed by atoms with Crippen molar-refractivity contribution in [2.24, 2.45) is 0 Å². The van der Waals surface area contributed by atoms with Gasteiger partial charge in [-0.15, -0.1) is 0 Å². The first-order valence-electron chi connectivity index (χ1n) is 5.01. The number of rotatable bonds is 1. The smallest absolute Gasteiger partial charge is 0.102 e. The molecule has 0 amide bonds. The first-order chi connectivity index (χ1) is 6.93. The maximum Gasteiger partial charge on any atom is 0.102 e. The fraction of sp³-hybridized carbons (Fsp3) is 0.385. The molecule has 0 aromatic rings. The average Bonchev–Trinajstić information content (AvgIpc) is 2.18. The van der Waals surface area contributed by atoms with Crippen LogP contribution >= 0.6 is 0 Å². The minimum Gasteiger partial charge on any atom is -0.388 e.